The molecule has 20 heavy (non-hydrogen) atoms. The van der Waals surface area contributed by atoms with Gasteiger partial charge in [0.15, 0.2) is 0 Å². The number of aromatic nitrogens is 1. The maximum Gasteiger partial charge on any atom is 0.284 e. The van der Waals surface area contributed by atoms with Crippen molar-refractivity contribution in [3.05, 3.63) is 16.6 Å². The van der Waals surface area contributed by atoms with Gasteiger partial charge < -0.3 is 0 Å². The van der Waals surface area contributed by atoms with E-state index in [0.29, 0.717) is 12.3 Å². The molecule has 0 saturated heterocycles. The summed E-state index contributed by atoms with van der Waals surface area (Å²) in [6.07, 6.45) is 6.48. The number of nitrogens with zero attached hydrogens (tertiary/aromatic N) is 1. The van der Waals surface area contributed by atoms with Crippen LogP contribution in [0, 0.1) is 12.8 Å². The van der Waals surface area contributed by atoms with E-state index in [0.717, 1.165) is 17.7 Å². The van der Waals surface area contributed by atoms with Gasteiger partial charge in [-0.2, -0.15) is 4.37 Å². The Kier molecular flexibility index (Phi) is 5.15. The normalized spacial score (nSPS) is 17.1. The van der Waals surface area contributed by atoms with Gasteiger partial charge in [-0.25, -0.2) is 13.1 Å². The van der Waals surface area contributed by atoms with Crippen LogP contribution in [0.4, 0.5) is 0 Å². The molecule has 2 rings (SSSR count). The number of carbonyl (C=O) groups excluding carboxylic acids is 1. The van der Waals surface area contributed by atoms with E-state index >= 15 is 0 Å². The molecule has 0 aliphatic heterocycles. The highest BCUT2D eigenvalue weighted by molar-refractivity contribution is 7.90. The first-order valence-corrected chi connectivity index (χ1v) is 9.37. The quantitative estimate of drug-likeness (QED) is 0.905. The third-order valence-electron chi connectivity index (χ3n) is 3.63. The number of aryl methyl sites for hydroxylation is 1. The molecule has 0 atom stereocenters. The number of amides is 1. The molecule has 7 heteroatoms. The van der Waals surface area contributed by atoms with Crippen LogP contribution >= 0.6 is 11.5 Å². The summed E-state index contributed by atoms with van der Waals surface area (Å²) >= 11 is 1.19. The van der Waals surface area contributed by atoms with E-state index in [4.69, 9.17) is 0 Å². The third-order valence-corrected chi connectivity index (χ3v) is 5.59. The van der Waals surface area contributed by atoms with Crippen LogP contribution in [0.25, 0.3) is 0 Å². The second kappa shape index (κ2) is 6.67. The second-order valence-electron chi connectivity index (χ2n) is 5.37. The Morgan fingerprint density at radius 1 is 1.40 bits per heavy atom. The maximum atomic E-state index is 11.9. The monoisotopic (exact) mass is 316 g/mol. The van der Waals surface area contributed by atoms with Gasteiger partial charge in [0.05, 0.1) is 5.75 Å². The number of carbonyl (C=O) groups is 1. The van der Waals surface area contributed by atoms with E-state index < -0.39 is 15.9 Å². The minimum absolute atomic E-state index is 0.0204. The first-order valence-electron chi connectivity index (χ1n) is 6.94. The van der Waals surface area contributed by atoms with E-state index in [2.05, 4.69) is 9.10 Å². The summed E-state index contributed by atoms with van der Waals surface area (Å²) in [5.41, 5.74) is 0.175. The van der Waals surface area contributed by atoms with Gasteiger partial charge in [-0.3, -0.25) is 4.79 Å². The Morgan fingerprint density at radius 2 is 2.10 bits per heavy atom. The van der Waals surface area contributed by atoms with Crippen LogP contribution in [0.5, 0.6) is 0 Å². The van der Waals surface area contributed by atoms with Crippen LogP contribution in [0.2, 0.25) is 0 Å². The Labute approximate surface area is 124 Å². The molecule has 0 aromatic carbocycles. The van der Waals surface area contributed by atoms with Crippen LogP contribution in [-0.4, -0.2) is 24.5 Å². The molecule has 5 nitrogen and oxygen atoms in total. The first-order chi connectivity index (χ1) is 9.46. The molecule has 1 aliphatic carbocycles. The fourth-order valence-corrected chi connectivity index (χ4v) is 4.19. The van der Waals surface area contributed by atoms with Crippen LogP contribution in [0.15, 0.2) is 6.07 Å². The fraction of sp³-hybridized carbons (Fsp3) is 0.692. The SMILES string of the molecule is Cc1cc(C(=O)NS(=O)(=O)CCC2CCCCC2)ns1. The predicted octanol–water partition coefficient (Wildman–Crippen LogP) is 2.48. The minimum atomic E-state index is -3.55. The maximum absolute atomic E-state index is 11.9. The second-order valence-corrected chi connectivity index (χ2v) is 8.22. The highest BCUT2D eigenvalue weighted by Gasteiger charge is 2.21. The van der Waals surface area contributed by atoms with Crippen molar-refractivity contribution < 1.29 is 13.2 Å². The molecular formula is C13H20N2O3S2. The molecule has 0 radical (unpaired) electrons. The largest absolute Gasteiger partial charge is 0.284 e. The van der Waals surface area contributed by atoms with Crippen molar-refractivity contribution in [2.75, 3.05) is 5.75 Å². The average molecular weight is 316 g/mol. The molecule has 0 spiro atoms. The lowest BCUT2D eigenvalue weighted by Crippen LogP contribution is -2.33. The van der Waals surface area contributed by atoms with E-state index in [1.807, 2.05) is 6.92 Å². The zero-order valence-electron chi connectivity index (χ0n) is 11.6. The summed E-state index contributed by atoms with van der Waals surface area (Å²) < 4.78 is 29.8. The fourth-order valence-electron chi connectivity index (χ4n) is 2.52. The Morgan fingerprint density at radius 3 is 2.70 bits per heavy atom. The van der Waals surface area contributed by atoms with Gasteiger partial charge in [0.2, 0.25) is 10.0 Å². The molecule has 1 amide bonds. The van der Waals surface area contributed by atoms with Gasteiger partial charge in [0.25, 0.3) is 5.91 Å². The summed E-state index contributed by atoms with van der Waals surface area (Å²) in [5.74, 6) is -0.123. The molecule has 1 fully saturated rings. The highest BCUT2D eigenvalue weighted by atomic mass is 32.2. The van der Waals surface area contributed by atoms with Crippen molar-refractivity contribution in [1.29, 1.82) is 0 Å². The van der Waals surface area contributed by atoms with Crippen molar-refractivity contribution in [3.8, 4) is 0 Å². The molecule has 1 aliphatic rings. The number of rotatable bonds is 5. The predicted molar refractivity (Wildman–Crippen MR) is 79.3 cm³/mol. The molecule has 0 unspecified atom stereocenters. The van der Waals surface area contributed by atoms with Crippen LogP contribution in [0.3, 0.4) is 0 Å². The number of hydrogen-bond donors (Lipinski definition) is 1. The topological polar surface area (TPSA) is 76.1 Å². The zero-order valence-corrected chi connectivity index (χ0v) is 13.2. The Bertz CT molecular complexity index is 560. The van der Waals surface area contributed by atoms with E-state index in [9.17, 15) is 13.2 Å². The number of hydrogen-bond acceptors (Lipinski definition) is 5. The molecule has 1 saturated carbocycles. The van der Waals surface area contributed by atoms with Crippen molar-refractivity contribution in [3.63, 3.8) is 0 Å². The minimum Gasteiger partial charge on any atom is -0.266 e. The summed E-state index contributed by atoms with van der Waals surface area (Å²) in [6, 6.07) is 1.59. The van der Waals surface area contributed by atoms with Gasteiger partial charge in [-0.05, 0) is 36.9 Å². The lowest BCUT2D eigenvalue weighted by atomic mass is 9.88. The lowest BCUT2D eigenvalue weighted by molar-refractivity contribution is 0.0977. The first kappa shape index (κ1) is 15.4. The third kappa shape index (κ3) is 4.56. The number of sulfonamides is 1. The summed E-state index contributed by atoms with van der Waals surface area (Å²) in [4.78, 5) is 12.7. The summed E-state index contributed by atoms with van der Waals surface area (Å²) in [5, 5.41) is 0. The average Bonchev–Trinajstić information content (AvgIpc) is 2.84. The van der Waals surface area contributed by atoms with Crippen LogP contribution < -0.4 is 4.72 Å². The lowest BCUT2D eigenvalue weighted by Gasteiger charge is -2.21. The van der Waals surface area contributed by atoms with E-state index in [-0.39, 0.29) is 11.4 Å². The Hall–Kier alpha value is -0.950. The van der Waals surface area contributed by atoms with Crippen molar-refractivity contribution in [2.24, 2.45) is 5.92 Å². The molecule has 1 N–H and O–H groups in total. The molecule has 1 aromatic heterocycles. The molecule has 112 valence electrons. The highest BCUT2D eigenvalue weighted by Crippen LogP contribution is 2.26. The Balaban J connectivity index is 1.85. The summed E-state index contributed by atoms with van der Waals surface area (Å²) in [6.45, 7) is 1.83. The van der Waals surface area contributed by atoms with Crippen molar-refractivity contribution in [2.45, 2.75) is 45.4 Å². The van der Waals surface area contributed by atoms with E-state index in [1.54, 1.807) is 6.07 Å². The van der Waals surface area contributed by atoms with Crippen molar-refractivity contribution in [1.82, 2.24) is 9.10 Å². The molecular weight excluding hydrogens is 296 g/mol. The standard InChI is InChI=1S/C13H20N2O3S2/c1-10-9-12(14-19-10)13(16)15-20(17,18)8-7-11-5-3-2-4-6-11/h9,11H,2-8H2,1H3,(H,15,16). The van der Waals surface area contributed by atoms with Gasteiger partial charge in [0.1, 0.15) is 5.69 Å². The molecule has 0 bridgehead atoms. The van der Waals surface area contributed by atoms with Crippen LogP contribution in [0.1, 0.15) is 53.9 Å². The zero-order chi connectivity index (χ0) is 14.6. The van der Waals surface area contributed by atoms with Gasteiger partial charge >= 0.3 is 0 Å². The van der Waals surface area contributed by atoms with E-state index in [1.165, 1.54) is 30.8 Å². The number of nitrogens with one attached hydrogen (secondary N) is 1. The van der Waals surface area contributed by atoms with Gasteiger partial charge in [0, 0.05) is 4.88 Å². The van der Waals surface area contributed by atoms with Crippen molar-refractivity contribution >= 4 is 27.5 Å². The smallest absolute Gasteiger partial charge is 0.266 e. The molecule has 1 aromatic rings. The van der Waals surface area contributed by atoms with Gasteiger partial charge in [-0.15, -0.1) is 0 Å². The summed E-state index contributed by atoms with van der Waals surface area (Å²) in [7, 11) is -3.55. The van der Waals surface area contributed by atoms with Gasteiger partial charge in [-0.1, -0.05) is 32.1 Å². The molecule has 1 heterocycles. The van der Waals surface area contributed by atoms with Crippen LogP contribution in [-0.2, 0) is 10.0 Å².